The molecule has 0 N–H and O–H groups in total. The molecule has 9 aromatic carbocycles. The maximum Gasteiger partial charge on any atom is 0.0640 e. The third-order valence-corrected chi connectivity index (χ3v) is 13.5. The smallest absolute Gasteiger partial charge is 0.0640 e. The molecule has 0 aliphatic rings. The highest BCUT2D eigenvalue weighted by molar-refractivity contribution is 7.26. The van der Waals surface area contributed by atoms with Crippen LogP contribution in [0.5, 0.6) is 0 Å². The van der Waals surface area contributed by atoms with Gasteiger partial charge in [0.05, 0.1) is 10.4 Å². The molecule has 0 amide bonds. The number of nitrogens with zero attached hydrogens (tertiary/aromatic N) is 1. The normalized spacial score (nSPS) is 11.5. The predicted molar refractivity (Wildman–Crippen MR) is 249 cm³/mol. The molecule has 0 saturated carbocycles. The quantitative estimate of drug-likeness (QED) is 0.156. The van der Waals surface area contributed by atoms with Crippen LogP contribution >= 0.6 is 22.7 Å². The number of hydrogen-bond acceptors (Lipinski definition) is 3. The van der Waals surface area contributed by atoms with Gasteiger partial charge in [-0.15, -0.1) is 22.7 Å². The van der Waals surface area contributed by atoms with Crippen LogP contribution in [0.25, 0.3) is 84.9 Å². The molecule has 0 aliphatic heterocycles. The summed E-state index contributed by atoms with van der Waals surface area (Å²) in [7, 11) is 0. The molecule has 2 aromatic heterocycles. The van der Waals surface area contributed by atoms with Gasteiger partial charge in [-0.1, -0.05) is 164 Å². The Morgan fingerprint density at radius 3 is 1.56 bits per heavy atom. The first-order valence-electron chi connectivity index (χ1n) is 19.3. The van der Waals surface area contributed by atoms with Gasteiger partial charge in [0.1, 0.15) is 0 Å². The predicted octanol–water partition coefficient (Wildman–Crippen LogP) is 16.6. The van der Waals surface area contributed by atoms with Crippen LogP contribution in [-0.2, 0) is 0 Å². The first kappa shape index (κ1) is 33.5. The summed E-state index contributed by atoms with van der Waals surface area (Å²) >= 11 is 3.74. The van der Waals surface area contributed by atoms with Gasteiger partial charge in [0.15, 0.2) is 0 Å². The van der Waals surface area contributed by atoms with Crippen molar-refractivity contribution >= 4 is 80.1 Å². The van der Waals surface area contributed by atoms with Crippen molar-refractivity contribution in [1.82, 2.24) is 0 Å². The Kier molecular flexibility index (Phi) is 8.28. The summed E-state index contributed by atoms with van der Waals surface area (Å²) in [6, 6.07) is 77.6. The van der Waals surface area contributed by atoms with Crippen molar-refractivity contribution in [3.63, 3.8) is 0 Å². The van der Waals surface area contributed by atoms with Crippen LogP contribution < -0.4 is 4.90 Å². The van der Waals surface area contributed by atoms with Gasteiger partial charge >= 0.3 is 0 Å². The summed E-state index contributed by atoms with van der Waals surface area (Å²) in [6.07, 6.45) is 0. The second-order valence-electron chi connectivity index (χ2n) is 14.4. The van der Waals surface area contributed by atoms with E-state index >= 15 is 0 Å². The van der Waals surface area contributed by atoms with E-state index in [4.69, 9.17) is 0 Å². The van der Waals surface area contributed by atoms with E-state index in [2.05, 4.69) is 217 Å². The lowest BCUT2D eigenvalue weighted by Gasteiger charge is -2.27. The summed E-state index contributed by atoms with van der Waals surface area (Å²) in [5, 5.41) is 5.20. The Morgan fingerprint density at radius 2 is 0.825 bits per heavy atom. The molecule has 11 aromatic rings. The minimum absolute atomic E-state index is 1.11. The van der Waals surface area contributed by atoms with Crippen LogP contribution in [0.2, 0.25) is 0 Å². The average molecular weight is 762 g/mol. The Morgan fingerprint density at radius 1 is 0.298 bits per heavy atom. The van der Waals surface area contributed by atoms with Gasteiger partial charge < -0.3 is 4.90 Å². The first-order valence-corrected chi connectivity index (χ1v) is 21.0. The highest BCUT2D eigenvalue weighted by atomic mass is 32.1. The molecular weight excluding hydrogens is 727 g/mol. The van der Waals surface area contributed by atoms with E-state index in [1.807, 2.05) is 22.7 Å². The number of anilines is 3. The molecule has 1 nitrogen and oxygen atoms in total. The van der Waals surface area contributed by atoms with E-state index < -0.39 is 0 Å². The Balaban J connectivity index is 1.13. The summed E-state index contributed by atoms with van der Waals surface area (Å²) in [5.74, 6) is 0. The van der Waals surface area contributed by atoms with Gasteiger partial charge in [-0.3, -0.25) is 0 Å². The van der Waals surface area contributed by atoms with Crippen LogP contribution in [0.4, 0.5) is 17.1 Å². The molecule has 0 atom stereocenters. The van der Waals surface area contributed by atoms with E-state index in [0.717, 1.165) is 11.4 Å². The lowest BCUT2D eigenvalue weighted by atomic mass is 9.91. The first-order chi connectivity index (χ1) is 28.3. The van der Waals surface area contributed by atoms with Crippen molar-refractivity contribution in [2.24, 2.45) is 0 Å². The van der Waals surface area contributed by atoms with Crippen molar-refractivity contribution in [3.05, 3.63) is 212 Å². The van der Waals surface area contributed by atoms with Gasteiger partial charge in [-0.25, -0.2) is 0 Å². The topological polar surface area (TPSA) is 3.24 Å². The molecule has 0 spiro atoms. The molecule has 0 unspecified atom stereocenters. The molecule has 57 heavy (non-hydrogen) atoms. The standard InChI is InChI=1S/C54H35NS2/c1-3-15-36(16-4-1)41-19-7-8-20-42(41)38-29-31-39(32-30-38)55(49-25-13-24-46-44-21-9-11-26-50(44)57-54(46)49)40-33-34-43(48(35-40)37-17-5-2-6-18-37)45-23-14-28-52-53(45)47-22-10-12-27-51(47)56-52/h1-35H. The summed E-state index contributed by atoms with van der Waals surface area (Å²) in [6.45, 7) is 0. The van der Waals surface area contributed by atoms with Crippen LogP contribution in [0.1, 0.15) is 0 Å². The molecular formula is C54H35NS2. The van der Waals surface area contributed by atoms with Crippen molar-refractivity contribution in [1.29, 1.82) is 0 Å². The lowest BCUT2D eigenvalue weighted by molar-refractivity contribution is 1.30. The fraction of sp³-hybridized carbons (Fsp3) is 0. The van der Waals surface area contributed by atoms with E-state index in [1.165, 1.54) is 90.5 Å². The van der Waals surface area contributed by atoms with E-state index in [-0.39, 0.29) is 0 Å². The number of thiophene rings is 2. The minimum Gasteiger partial charge on any atom is -0.309 e. The number of fused-ring (bicyclic) bond motifs is 6. The van der Waals surface area contributed by atoms with Gasteiger partial charge in [-0.2, -0.15) is 0 Å². The minimum atomic E-state index is 1.11. The largest absolute Gasteiger partial charge is 0.309 e. The lowest BCUT2D eigenvalue weighted by Crippen LogP contribution is -2.10. The summed E-state index contributed by atoms with van der Waals surface area (Å²) in [4.78, 5) is 2.46. The molecule has 268 valence electrons. The van der Waals surface area contributed by atoms with Crippen LogP contribution in [-0.4, -0.2) is 0 Å². The van der Waals surface area contributed by atoms with Crippen molar-refractivity contribution in [3.8, 4) is 44.5 Å². The zero-order valence-corrected chi connectivity index (χ0v) is 32.6. The van der Waals surface area contributed by atoms with Gasteiger partial charge in [0.25, 0.3) is 0 Å². The third kappa shape index (κ3) is 5.83. The average Bonchev–Trinajstić information content (AvgIpc) is 3.87. The molecule has 3 heteroatoms. The number of rotatable bonds is 7. The van der Waals surface area contributed by atoms with Crippen molar-refractivity contribution in [2.75, 3.05) is 4.90 Å². The second-order valence-corrected chi connectivity index (χ2v) is 16.6. The summed E-state index contributed by atoms with van der Waals surface area (Å²) in [5.41, 5.74) is 13.1. The fourth-order valence-corrected chi connectivity index (χ4v) is 10.8. The van der Waals surface area contributed by atoms with Crippen LogP contribution in [0.3, 0.4) is 0 Å². The molecule has 11 rings (SSSR count). The van der Waals surface area contributed by atoms with Gasteiger partial charge in [-0.05, 0) is 93.0 Å². The maximum atomic E-state index is 2.46. The highest BCUT2D eigenvalue weighted by Crippen LogP contribution is 2.48. The van der Waals surface area contributed by atoms with Gasteiger partial charge in [0, 0.05) is 47.0 Å². The Labute approximate surface area is 340 Å². The fourth-order valence-electron chi connectivity index (χ4n) is 8.49. The van der Waals surface area contributed by atoms with E-state index in [9.17, 15) is 0 Å². The number of hydrogen-bond donors (Lipinski definition) is 0. The van der Waals surface area contributed by atoms with E-state index in [0.29, 0.717) is 0 Å². The zero-order chi connectivity index (χ0) is 37.7. The SMILES string of the molecule is c1ccc(-c2ccccc2-c2ccc(N(c3ccc(-c4cccc5sc6ccccc6c45)c(-c4ccccc4)c3)c3cccc4c3sc3ccccc34)cc2)cc1. The van der Waals surface area contributed by atoms with Crippen LogP contribution in [0.15, 0.2) is 212 Å². The molecule has 0 bridgehead atoms. The van der Waals surface area contributed by atoms with Crippen molar-refractivity contribution < 1.29 is 0 Å². The molecule has 0 aliphatic carbocycles. The molecule has 0 saturated heterocycles. The Hall–Kier alpha value is -6.78. The molecule has 0 radical (unpaired) electrons. The van der Waals surface area contributed by atoms with Crippen LogP contribution in [0, 0.1) is 0 Å². The van der Waals surface area contributed by atoms with E-state index in [1.54, 1.807) is 0 Å². The summed E-state index contributed by atoms with van der Waals surface area (Å²) < 4.78 is 5.19. The molecule has 2 heterocycles. The molecule has 0 fully saturated rings. The maximum absolute atomic E-state index is 2.46. The third-order valence-electron chi connectivity index (χ3n) is 11.1. The highest BCUT2D eigenvalue weighted by Gasteiger charge is 2.21. The zero-order valence-electron chi connectivity index (χ0n) is 31.0. The Bertz CT molecular complexity index is 3230. The second kappa shape index (κ2) is 14.1. The monoisotopic (exact) mass is 761 g/mol. The van der Waals surface area contributed by atoms with Gasteiger partial charge in [0.2, 0.25) is 0 Å². The number of benzene rings is 9. The van der Waals surface area contributed by atoms with Crippen molar-refractivity contribution in [2.45, 2.75) is 0 Å².